The first-order valence-corrected chi connectivity index (χ1v) is 8.69. The van der Waals surface area contributed by atoms with E-state index in [1.807, 2.05) is 0 Å². The van der Waals surface area contributed by atoms with Crippen LogP contribution in [0.25, 0.3) is 0 Å². The Morgan fingerprint density at radius 3 is 2.82 bits per heavy atom. The highest BCUT2D eigenvalue weighted by Gasteiger charge is 2.25. The maximum Gasteiger partial charge on any atom is 0.223 e. The molecule has 1 unspecified atom stereocenters. The van der Waals surface area contributed by atoms with Gasteiger partial charge in [-0.05, 0) is 50.2 Å². The van der Waals surface area contributed by atoms with Gasteiger partial charge in [0.15, 0.2) is 0 Å². The molecule has 1 aliphatic carbocycles. The lowest BCUT2D eigenvalue weighted by atomic mass is 9.79. The van der Waals surface area contributed by atoms with E-state index in [2.05, 4.69) is 12.2 Å². The molecular weight excluding hydrogens is 278 g/mol. The van der Waals surface area contributed by atoms with Gasteiger partial charge in [-0.15, -0.1) is 0 Å². The fourth-order valence-electron chi connectivity index (χ4n) is 3.31. The highest BCUT2D eigenvalue weighted by molar-refractivity contribution is 5.78. The van der Waals surface area contributed by atoms with Crippen molar-refractivity contribution in [3.63, 3.8) is 0 Å². The number of furan rings is 1. The number of nitrogens with one attached hydrogen (secondary N) is 1. The van der Waals surface area contributed by atoms with Crippen molar-refractivity contribution in [2.24, 2.45) is 11.8 Å². The second-order valence-corrected chi connectivity index (χ2v) is 6.47. The number of amides is 1. The van der Waals surface area contributed by atoms with Gasteiger partial charge in [-0.3, -0.25) is 4.79 Å². The number of hydrogen-bond donors (Lipinski definition) is 2. The van der Waals surface area contributed by atoms with E-state index < -0.39 is 6.10 Å². The van der Waals surface area contributed by atoms with Crippen molar-refractivity contribution in [2.75, 3.05) is 6.54 Å². The number of carbonyl (C=O) groups is 1. The molecule has 1 aromatic rings. The molecule has 0 saturated heterocycles. The van der Waals surface area contributed by atoms with Gasteiger partial charge in [-0.1, -0.05) is 26.2 Å². The number of rotatable bonds is 8. The van der Waals surface area contributed by atoms with Crippen molar-refractivity contribution in [3.05, 3.63) is 24.2 Å². The van der Waals surface area contributed by atoms with Crippen molar-refractivity contribution >= 4 is 5.91 Å². The summed E-state index contributed by atoms with van der Waals surface area (Å²) in [5.74, 6) is 1.70. The largest absolute Gasteiger partial charge is 0.467 e. The molecule has 1 amide bonds. The summed E-state index contributed by atoms with van der Waals surface area (Å²) < 4.78 is 5.15. The Morgan fingerprint density at radius 2 is 2.18 bits per heavy atom. The monoisotopic (exact) mass is 307 g/mol. The fourth-order valence-corrected chi connectivity index (χ4v) is 3.31. The van der Waals surface area contributed by atoms with Gasteiger partial charge < -0.3 is 14.8 Å². The second-order valence-electron chi connectivity index (χ2n) is 6.47. The van der Waals surface area contributed by atoms with Gasteiger partial charge in [0.1, 0.15) is 11.9 Å². The Labute approximate surface area is 133 Å². The minimum atomic E-state index is -0.639. The van der Waals surface area contributed by atoms with Gasteiger partial charge in [-0.25, -0.2) is 0 Å². The maximum absolute atomic E-state index is 12.2. The molecule has 22 heavy (non-hydrogen) atoms. The van der Waals surface area contributed by atoms with Crippen LogP contribution in [0.2, 0.25) is 0 Å². The van der Waals surface area contributed by atoms with Crippen molar-refractivity contribution in [1.82, 2.24) is 5.32 Å². The molecule has 1 saturated carbocycles. The molecule has 1 aliphatic rings. The molecule has 2 rings (SSSR count). The average Bonchev–Trinajstić information content (AvgIpc) is 3.07. The Morgan fingerprint density at radius 1 is 1.41 bits per heavy atom. The molecule has 4 nitrogen and oxygen atoms in total. The molecule has 0 aromatic carbocycles. The van der Waals surface area contributed by atoms with E-state index in [1.54, 1.807) is 18.4 Å². The number of unbranched alkanes of at least 4 members (excludes halogenated alkanes) is 1. The normalized spacial score (nSPS) is 23.2. The molecule has 0 spiro atoms. The topological polar surface area (TPSA) is 62.5 Å². The van der Waals surface area contributed by atoms with E-state index in [4.69, 9.17) is 4.42 Å². The summed E-state index contributed by atoms with van der Waals surface area (Å²) in [6.07, 6.45) is 9.70. The van der Waals surface area contributed by atoms with E-state index in [9.17, 15) is 9.90 Å². The Bertz CT molecular complexity index is 422. The Hall–Kier alpha value is -1.29. The summed E-state index contributed by atoms with van der Waals surface area (Å²) in [7, 11) is 0. The quantitative estimate of drug-likeness (QED) is 0.767. The SMILES string of the molecule is CCCCC1CCC(C(=O)NCCC(O)c2ccco2)CC1. The van der Waals surface area contributed by atoms with E-state index in [0.717, 1.165) is 18.8 Å². The summed E-state index contributed by atoms with van der Waals surface area (Å²) in [6, 6.07) is 3.51. The summed E-state index contributed by atoms with van der Waals surface area (Å²) >= 11 is 0. The van der Waals surface area contributed by atoms with E-state index >= 15 is 0 Å². The fraction of sp³-hybridized carbons (Fsp3) is 0.722. The first kappa shape index (κ1) is 17.1. The van der Waals surface area contributed by atoms with Crippen LogP contribution in [-0.4, -0.2) is 17.6 Å². The van der Waals surface area contributed by atoms with Gasteiger partial charge >= 0.3 is 0 Å². The third-order valence-electron chi connectivity index (χ3n) is 4.77. The lowest BCUT2D eigenvalue weighted by Gasteiger charge is -2.27. The highest BCUT2D eigenvalue weighted by Crippen LogP contribution is 2.32. The van der Waals surface area contributed by atoms with Gasteiger partial charge in [0.25, 0.3) is 0 Å². The van der Waals surface area contributed by atoms with Crippen molar-refractivity contribution in [2.45, 2.75) is 64.4 Å². The second kappa shape index (κ2) is 8.99. The molecule has 124 valence electrons. The predicted molar refractivity (Wildman–Crippen MR) is 86.3 cm³/mol. The Balaban J connectivity index is 1.62. The van der Waals surface area contributed by atoms with Crippen LogP contribution in [0.3, 0.4) is 0 Å². The summed E-state index contributed by atoms with van der Waals surface area (Å²) in [6.45, 7) is 2.73. The zero-order valence-corrected chi connectivity index (χ0v) is 13.6. The van der Waals surface area contributed by atoms with Crippen LogP contribution in [0, 0.1) is 11.8 Å². The summed E-state index contributed by atoms with van der Waals surface area (Å²) in [5, 5.41) is 12.9. The molecule has 1 heterocycles. The van der Waals surface area contributed by atoms with Crippen LogP contribution >= 0.6 is 0 Å². The zero-order valence-electron chi connectivity index (χ0n) is 13.6. The predicted octanol–water partition coefficient (Wildman–Crippen LogP) is 3.82. The molecular formula is C18H29NO3. The molecule has 4 heteroatoms. The molecule has 2 N–H and O–H groups in total. The molecule has 0 aliphatic heterocycles. The third-order valence-corrected chi connectivity index (χ3v) is 4.77. The van der Waals surface area contributed by atoms with Crippen LogP contribution in [0.1, 0.15) is 70.2 Å². The van der Waals surface area contributed by atoms with Crippen LogP contribution in [0.5, 0.6) is 0 Å². The molecule has 1 atom stereocenters. The number of carbonyl (C=O) groups excluding carboxylic acids is 1. The van der Waals surface area contributed by atoms with Crippen LogP contribution < -0.4 is 5.32 Å². The Kier molecular flexibility index (Phi) is 6.97. The third kappa shape index (κ3) is 5.16. The van der Waals surface area contributed by atoms with Crippen molar-refractivity contribution < 1.29 is 14.3 Å². The van der Waals surface area contributed by atoms with Gasteiger partial charge in [0.05, 0.1) is 6.26 Å². The van der Waals surface area contributed by atoms with Gasteiger partial charge in [-0.2, -0.15) is 0 Å². The molecule has 1 fully saturated rings. The average molecular weight is 307 g/mol. The number of aliphatic hydroxyl groups is 1. The van der Waals surface area contributed by atoms with Crippen molar-refractivity contribution in [1.29, 1.82) is 0 Å². The van der Waals surface area contributed by atoms with E-state index in [-0.39, 0.29) is 11.8 Å². The van der Waals surface area contributed by atoms with Crippen LogP contribution in [0.15, 0.2) is 22.8 Å². The molecule has 0 radical (unpaired) electrons. The lowest BCUT2D eigenvalue weighted by Crippen LogP contribution is -2.34. The highest BCUT2D eigenvalue weighted by atomic mass is 16.4. The molecule has 1 aromatic heterocycles. The van der Waals surface area contributed by atoms with E-state index in [1.165, 1.54) is 32.1 Å². The van der Waals surface area contributed by atoms with Crippen LogP contribution in [0.4, 0.5) is 0 Å². The first-order chi connectivity index (χ1) is 10.7. The smallest absolute Gasteiger partial charge is 0.223 e. The molecule has 0 bridgehead atoms. The first-order valence-electron chi connectivity index (χ1n) is 8.69. The standard InChI is InChI=1S/C18H29NO3/c1-2-3-5-14-7-9-15(10-8-14)18(21)19-12-11-16(20)17-6-4-13-22-17/h4,6,13-16,20H,2-3,5,7-12H2,1H3,(H,19,21). The van der Waals surface area contributed by atoms with Crippen molar-refractivity contribution in [3.8, 4) is 0 Å². The lowest BCUT2D eigenvalue weighted by molar-refractivity contribution is -0.126. The summed E-state index contributed by atoms with van der Waals surface area (Å²) in [4.78, 5) is 12.2. The van der Waals surface area contributed by atoms with E-state index in [0.29, 0.717) is 18.7 Å². The van der Waals surface area contributed by atoms with Gasteiger partial charge in [0, 0.05) is 12.5 Å². The zero-order chi connectivity index (χ0) is 15.8. The maximum atomic E-state index is 12.2. The number of hydrogen-bond acceptors (Lipinski definition) is 3. The minimum absolute atomic E-state index is 0.153. The minimum Gasteiger partial charge on any atom is -0.467 e. The summed E-state index contributed by atoms with van der Waals surface area (Å²) in [5.41, 5.74) is 0. The van der Waals surface area contributed by atoms with Gasteiger partial charge in [0.2, 0.25) is 5.91 Å². The van der Waals surface area contributed by atoms with Crippen LogP contribution in [-0.2, 0) is 4.79 Å². The number of aliphatic hydroxyl groups excluding tert-OH is 1.